The van der Waals surface area contributed by atoms with Crippen molar-refractivity contribution in [1.29, 1.82) is 0 Å². The molecule has 7 heteroatoms. The monoisotopic (exact) mass is 450 g/mol. The van der Waals surface area contributed by atoms with E-state index >= 15 is 0 Å². The fourth-order valence-corrected chi connectivity index (χ4v) is 6.80. The Kier molecular flexibility index (Phi) is 5.53. The molecule has 2 fully saturated rings. The number of halogens is 3. The second kappa shape index (κ2) is 7.70. The topological polar surface area (TPSA) is 45.3 Å². The second-order valence-electron chi connectivity index (χ2n) is 11.1. The van der Waals surface area contributed by atoms with Gasteiger partial charge in [0.05, 0.1) is 0 Å². The van der Waals surface area contributed by atoms with E-state index in [9.17, 15) is 18.0 Å². The Labute approximate surface area is 187 Å². The number of H-pyrrole nitrogens is 1. The van der Waals surface area contributed by atoms with Gasteiger partial charge in [0.25, 0.3) is 0 Å². The van der Waals surface area contributed by atoms with Crippen LogP contribution in [0.25, 0.3) is 10.9 Å². The number of nitrogens with one attached hydrogen (secondary N) is 1. The Morgan fingerprint density at radius 1 is 1.25 bits per heavy atom. The van der Waals surface area contributed by atoms with Gasteiger partial charge in [-0.15, -0.1) is 13.2 Å². The van der Waals surface area contributed by atoms with E-state index in [-0.39, 0.29) is 46.9 Å². The molecule has 1 N–H and O–H groups in total. The number of nitrogens with zero attached hydrogens (tertiary/aromatic N) is 1. The third kappa shape index (κ3) is 4.48. The van der Waals surface area contributed by atoms with Crippen molar-refractivity contribution in [3.05, 3.63) is 30.0 Å². The number of aromatic nitrogens is 1. The van der Waals surface area contributed by atoms with Crippen molar-refractivity contribution in [2.45, 2.75) is 91.1 Å². The SMILES string of the molecule is CC(CC(=O)N1C(C)CC2(C)CC1CC(C)(C)C2)c1c[nH]c2cccc(OC(F)(F)F)c12. The second-order valence-corrected chi connectivity index (χ2v) is 11.1. The summed E-state index contributed by atoms with van der Waals surface area (Å²) in [7, 11) is 0. The van der Waals surface area contributed by atoms with E-state index in [0.717, 1.165) is 19.3 Å². The van der Waals surface area contributed by atoms with E-state index in [4.69, 9.17) is 0 Å². The van der Waals surface area contributed by atoms with E-state index in [1.165, 1.54) is 18.6 Å². The maximum Gasteiger partial charge on any atom is 0.573 e. The molecule has 2 aliphatic rings. The number of fused-ring (bicyclic) bond motifs is 3. The minimum Gasteiger partial charge on any atom is -0.405 e. The maximum absolute atomic E-state index is 13.5. The smallest absolute Gasteiger partial charge is 0.405 e. The molecule has 2 heterocycles. The van der Waals surface area contributed by atoms with E-state index in [0.29, 0.717) is 16.5 Å². The quantitative estimate of drug-likeness (QED) is 0.559. The van der Waals surface area contributed by atoms with Crippen LogP contribution in [-0.2, 0) is 4.79 Å². The van der Waals surface area contributed by atoms with Gasteiger partial charge in [0.15, 0.2) is 0 Å². The van der Waals surface area contributed by atoms with E-state index in [1.54, 1.807) is 12.3 Å². The van der Waals surface area contributed by atoms with Crippen molar-refractivity contribution < 1.29 is 22.7 Å². The molecule has 1 saturated carbocycles. The predicted octanol–water partition coefficient (Wildman–Crippen LogP) is 6.77. The van der Waals surface area contributed by atoms with Gasteiger partial charge >= 0.3 is 6.36 Å². The number of likely N-dealkylation sites (tertiary alicyclic amines) is 1. The van der Waals surface area contributed by atoms with Gasteiger partial charge in [-0.1, -0.05) is 33.8 Å². The van der Waals surface area contributed by atoms with Gasteiger partial charge in [-0.3, -0.25) is 4.79 Å². The number of alkyl halides is 3. The summed E-state index contributed by atoms with van der Waals surface area (Å²) in [6, 6.07) is 4.95. The van der Waals surface area contributed by atoms with E-state index in [1.807, 2.05) is 6.92 Å². The minimum absolute atomic E-state index is 0.0818. The van der Waals surface area contributed by atoms with Crippen LogP contribution in [0.2, 0.25) is 0 Å². The molecule has 1 amide bonds. The molecule has 2 bridgehead atoms. The van der Waals surface area contributed by atoms with Crippen molar-refractivity contribution >= 4 is 16.8 Å². The summed E-state index contributed by atoms with van der Waals surface area (Å²) in [6.07, 6.45) is 1.37. The van der Waals surface area contributed by atoms with Crippen molar-refractivity contribution in [3.8, 4) is 5.75 Å². The summed E-state index contributed by atoms with van der Waals surface area (Å²) < 4.78 is 43.0. The van der Waals surface area contributed by atoms with E-state index < -0.39 is 6.36 Å². The number of rotatable bonds is 4. The van der Waals surface area contributed by atoms with Crippen LogP contribution < -0.4 is 4.74 Å². The molecule has 0 spiro atoms. The summed E-state index contributed by atoms with van der Waals surface area (Å²) in [5.74, 6) is -0.397. The van der Waals surface area contributed by atoms with Crippen molar-refractivity contribution in [2.24, 2.45) is 10.8 Å². The Hall–Kier alpha value is -2.18. The molecule has 1 saturated heterocycles. The lowest BCUT2D eigenvalue weighted by Crippen LogP contribution is -2.58. The lowest BCUT2D eigenvalue weighted by molar-refractivity contribution is -0.274. The molecule has 4 nitrogen and oxygen atoms in total. The lowest BCUT2D eigenvalue weighted by Gasteiger charge is -2.57. The van der Waals surface area contributed by atoms with Crippen LogP contribution in [0.5, 0.6) is 5.75 Å². The van der Waals surface area contributed by atoms with Crippen LogP contribution in [0.1, 0.15) is 78.2 Å². The highest BCUT2D eigenvalue weighted by molar-refractivity contribution is 5.90. The molecule has 1 aromatic carbocycles. The Morgan fingerprint density at radius 2 is 1.97 bits per heavy atom. The highest BCUT2D eigenvalue weighted by atomic mass is 19.4. The molecule has 1 aliphatic heterocycles. The summed E-state index contributed by atoms with van der Waals surface area (Å²) in [5.41, 5.74) is 1.70. The summed E-state index contributed by atoms with van der Waals surface area (Å²) in [6.45, 7) is 10.9. The first-order valence-corrected chi connectivity index (χ1v) is 11.4. The molecular weight excluding hydrogens is 417 g/mol. The molecular formula is C25H33F3N2O2. The molecule has 4 unspecified atom stereocenters. The number of piperidine rings is 1. The van der Waals surface area contributed by atoms with Crippen LogP contribution in [-0.4, -0.2) is 34.2 Å². The number of aromatic amines is 1. The summed E-state index contributed by atoms with van der Waals surface area (Å²) in [4.78, 5) is 18.6. The average Bonchev–Trinajstić information content (AvgIpc) is 3.02. The lowest BCUT2D eigenvalue weighted by atomic mass is 9.58. The molecule has 2 aromatic rings. The molecule has 0 radical (unpaired) electrons. The Bertz CT molecular complexity index is 1010. The van der Waals surface area contributed by atoms with Crippen LogP contribution in [0.3, 0.4) is 0 Å². The fourth-order valence-electron chi connectivity index (χ4n) is 6.80. The molecule has 176 valence electrons. The van der Waals surface area contributed by atoms with Crippen molar-refractivity contribution in [3.63, 3.8) is 0 Å². The zero-order chi connectivity index (χ0) is 23.5. The molecule has 1 aliphatic carbocycles. The van der Waals surface area contributed by atoms with Crippen LogP contribution in [0.15, 0.2) is 24.4 Å². The fraction of sp³-hybridized carbons (Fsp3) is 0.640. The van der Waals surface area contributed by atoms with Gasteiger partial charge in [0, 0.05) is 35.6 Å². The molecule has 4 rings (SSSR count). The first-order chi connectivity index (χ1) is 14.8. The number of carbonyl (C=O) groups is 1. The van der Waals surface area contributed by atoms with Crippen LogP contribution in [0, 0.1) is 10.8 Å². The molecule has 4 atom stereocenters. The number of amides is 1. The zero-order valence-electron chi connectivity index (χ0n) is 19.5. The number of hydrogen-bond acceptors (Lipinski definition) is 2. The molecule has 1 aromatic heterocycles. The van der Waals surface area contributed by atoms with Gasteiger partial charge in [-0.25, -0.2) is 0 Å². The van der Waals surface area contributed by atoms with Gasteiger partial charge < -0.3 is 14.6 Å². The third-order valence-electron chi connectivity index (χ3n) is 7.30. The van der Waals surface area contributed by atoms with Gasteiger partial charge in [0.2, 0.25) is 5.91 Å². The third-order valence-corrected chi connectivity index (χ3v) is 7.30. The Morgan fingerprint density at radius 3 is 2.66 bits per heavy atom. The molecule has 32 heavy (non-hydrogen) atoms. The normalized spacial score (nSPS) is 28.6. The highest BCUT2D eigenvalue weighted by Crippen LogP contribution is 2.53. The number of carbonyl (C=O) groups excluding carboxylic acids is 1. The van der Waals surface area contributed by atoms with Gasteiger partial charge in [-0.05, 0) is 67.1 Å². The summed E-state index contributed by atoms with van der Waals surface area (Å²) in [5, 5.41) is 0.392. The zero-order valence-corrected chi connectivity index (χ0v) is 19.5. The van der Waals surface area contributed by atoms with Crippen molar-refractivity contribution in [2.75, 3.05) is 0 Å². The van der Waals surface area contributed by atoms with Crippen LogP contribution in [0.4, 0.5) is 13.2 Å². The Balaban J connectivity index is 1.57. The predicted molar refractivity (Wildman–Crippen MR) is 118 cm³/mol. The first kappa shape index (κ1) is 23.0. The minimum atomic E-state index is -4.77. The van der Waals surface area contributed by atoms with Crippen molar-refractivity contribution in [1.82, 2.24) is 9.88 Å². The van der Waals surface area contributed by atoms with E-state index in [2.05, 4.69) is 42.3 Å². The van der Waals surface area contributed by atoms with Gasteiger partial charge in [0.1, 0.15) is 5.75 Å². The van der Waals surface area contributed by atoms with Crippen LogP contribution >= 0.6 is 0 Å². The number of benzene rings is 1. The maximum atomic E-state index is 13.5. The summed E-state index contributed by atoms with van der Waals surface area (Å²) >= 11 is 0. The van der Waals surface area contributed by atoms with Gasteiger partial charge in [-0.2, -0.15) is 0 Å². The first-order valence-electron chi connectivity index (χ1n) is 11.4. The standard InChI is InChI=1S/C25H33F3N2O2/c1-15(18-13-29-19-7-6-8-20(22(18)19)32-25(26,27)28)9-21(31)30-16(2)10-24(5)12-17(30)11-23(3,4)14-24/h6-8,13,15-17,29H,9-12,14H2,1-5H3. The largest absolute Gasteiger partial charge is 0.573 e. The number of ether oxygens (including phenoxy) is 1. The highest BCUT2D eigenvalue weighted by Gasteiger charge is 2.49. The number of hydrogen-bond donors (Lipinski definition) is 1. The average molecular weight is 451 g/mol.